The van der Waals surface area contributed by atoms with Gasteiger partial charge in [-0.1, -0.05) is 215 Å². The lowest BCUT2D eigenvalue weighted by Crippen LogP contribution is -2.62. The average Bonchev–Trinajstić information content (AvgIpc) is 1.77. The lowest BCUT2D eigenvalue weighted by molar-refractivity contribution is 0.245. The van der Waals surface area contributed by atoms with Gasteiger partial charge in [0.15, 0.2) is 0 Å². The molecule has 0 spiro atoms. The Bertz CT molecular complexity index is 3980. The van der Waals surface area contributed by atoms with E-state index >= 15 is 0 Å². The van der Waals surface area contributed by atoms with E-state index in [2.05, 4.69) is 298 Å². The van der Waals surface area contributed by atoms with Crippen molar-refractivity contribution in [2.45, 2.75) is 201 Å². The molecule has 3 heterocycles. The van der Waals surface area contributed by atoms with E-state index in [1.54, 1.807) is 0 Å². The maximum atomic E-state index is 2.79. The van der Waals surface area contributed by atoms with Gasteiger partial charge in [-0.05, 0) is 204 Å². The molecule has 8 aromatic rings. The van der Waals surface area contributed by atoms with Crippen molar-refractivity contribution in [3.8, 4) is 11.1 Å². The maximum absolute atomic E-state index is 2.79. The van der Waals surface area contributed by atoms with Gasteiger partial charge in [0.2, 0.25) is 0 Å². The Morgan fingerprint density at radius 2 is 0.928 bits per heavy atom. The zero-order valence-corrected chi connectivity index (χ0v) is 53.7. The highest BCUT2D eigenvalue weighted by Crippen LogP contribution is 2.65. The Balaban J connectivity index is 1.16. The van der Waals surface area contributed by atoms with Gasteiger partial charge in [0.25, 0.3) is 6.71 Å². The molecular formula is C79H90BN3. The molecule has 0 N–H and O–H groups in total. The summed E-state index contributed by atoms with van der Waals surface area (Å²) in [6, 6.07) is 61.1. The van der Waals surface area contributed by atoms with Gasteiger partial charge in [-0.25, -0.2) is 0 Å². The van der Waals surface area contributed by atoms with Crippen LogP contribution < -0.4 is 31.1 Å². The van der Waals surface area contributed by atoms with Crippen LogP contribution in [-0.2, 0) is 49.9 Å². The van der Waals surface area contributed by atoms with Crippen molar-refractivity contribution in [1.29, 1.82) is 0 Å². The van der Waals surface area contributed by atoms with Crippen LogP contribution in [0.15, 0.2) is 152 Å². The van der Waals surface area contributed by atoms with E-state index in [-0.39, 0.29) is 50.2 Å². The molecule has 0 aromatic heterocycles. The van der Waals surface area contributed by atoms with Crippen LogP contribution >= 0.6 is 0 Å². The predicted octanol–water partition coefficient (Wildman–Crippen LogP) is 19.6. The fourth-order valence-electron chi connectivity index (χ4n) is 15.7. The van der Waals surface area contributed by atoms with Gasteiger partial charge < -0.3 is 14.7 Å². The molecule has 2 atom stereocenters. The number of rotatable bonds is 4. The highest BCUT2D eigenvalue weighted by atomic mass is 15.3. The summed E-state index contributed by atoms with van der Waals surface area (Å²) in [5.41, 5.74) is 30.0. The molecule has 4 heteroatoms. The zero-order chi connectivity index (χ0) is 59.1. The number of aryl methyl sites for hydroxylation is 2. The molecule has 0 amide bonds. The van der Waals surface area contributed by atoms with Crippen molar-refractivity contribution < 1.29 is 0 Å². The van der Waals surface area contributed by atoms with Gasteiger partial charge in [-0.15, -0.1) is 0 Å². The summed E-state index contributed by atoms with van der Waals surface area (Å²) in [6.45, 7) is 45.9. The van der Waals surface area contributed by atoms with Crippen LogP contribution in [0.2, 0.25) is 0 Å². The predicted molar refractivity (Wildman–Crippen MR) is 359 cm³/mol. The molecule has 3 nitrogen and oxygen atoms in total. The van der Waals surface area contributed by atoms with Crippen molar-refractivity contribution in [1.82, 2.24) is 0 Å². The Hall–Kier alpha value is -6.78. The summed E-state index contributed by atoms with van der Waals surface area (Å²) in [7, 11) is 0. The minimum atomic E-state index is -0.364. The number of fused-ring (bicyclic) bond motifs is 10. The van der Waals surface area contributed by atoms with E-state index in [0.29, 0.717) is 0 Å². The summed E-state index contributed by atoms with van der Waals surface area (Å²) in [5.74, 6) is 0. The first-order valence-electron chi connectivity index (χ1n) is 31.3. The van der Waals surface area contributed by atoms with Crippen LogP contribution in [0.25, 0.3) is 11.1 Å². The van der Waals surface area contributed by atoms with E-state index in [0.717, 1.165) is 25.7 Å². The van der Waals surface area contributed by atoms with Gasteiger partial charge in [0.1, 0.15) is 0 Å². The van der Waals surface area contributed by atoms with Crippen molar-refractivity contribution in [2.75, 3.05) is 14.7 Å². The molecule has 2 aliphatic carbocycles. The van der Waals surface area contributed by atoms with E-state index in [1.807, 2.05) is 0 Å². The minimum absolute atomic E-state index is 0.00114. The molecule has 0 radical (unpaired) electrons. The minimum Gasteiger partial charge on any atom is -0.330 e. The van der Waals surface area contributed by atoms with Crippen LogP contribution in [0, 0.1) is 6.92 Å². The number of hydrogen-bond donors (Lipinski definition) is 0. The normalized spacial score (nSPS) is 20.2. The summed E-state index contributed by atoms with van der Waals surface area (Å²) in [5, 5.41) is 0. The first kappa shape index (κ1) is 55.4. The molecule has 0 bridgehead atoms. The molecule has 0 saturated heterocycles. The van der Waals surface area contributed by atoms with Gasteiger partial charge in [0.05, 0.1) is 11.2 Å². The molecular weight excluding hydrogens is 1000 g/mol. The highest BCUT2D eigenvalue weighted by molar-refractivity contribution is 7.00. The van der Waals surface area contributed by atoms with Crippen LogP contribution in [0.1, 0.15) is 200 Å². The Morgan fingerprint density at radius 3 is 1.54 bits per heavy atom. The Labute approximate surface area is 499 Å². The lowest BCUT2D eigenvalue weighted by atomic mass is 9.33. The molecule has 83 heavy (non-hydrogen) atoms. The third kappa shape index (κ3) is 8.32. The highest BCUT2D eigenvalue weighted by Gasteiger charge is 2.60. The largest absolute Gasteiger partial charge is 0.330 e. The Kier molecular flexibility index (Phi) is 12.1. The second kappa shape index (κ2) is 18.1. The lowest BCUT2D eigenvalue weighted by Gasteiger charge is -2.51. The molecule has 0 saturated carbocycles. The quantitative estimate of drug-likeness (QED) is 0.163. The molecule has 0 fully saturated rings. The number of hydrogen-bond acceptors (Lipinski definition) is 3. The van der Waals surface area contributed by atoms with E-state index in [9.17, 15) is 0 Å². The fourth-order valence-corrected chi connectivity index (χ4v) is 15.7. The van der Waals surface area contributed by atoms with Gasteiger partial charge in [-0.2, -0.15) is 0 Å². The van der Waals surface area contributed by atoms with Crippen LogP contribution in [0.3, 0.4) is 0 Å². The maximum Gasteiger partial charge on any atom is 0.252 e. The first-order chi connectivity index (χ1) is 38.8. The zero-order valence-electron chi connectivity index (χ0n) is 53.7. The smallest absolute Gasteiger partial charge is 0.252 e. The average molecular weight is 1090 g/mol. The first-order valence-corrected chi connectivity index (χ1v) is 31.3. The van der Waals surface area contributed by atoms with Crippen LogP contribution in [0.5, 0.6) is 0 Å². The second-order valence-electron chi connectivity index (χ2n) is 31.7. The number of benzene rings is 8. The fraction of sp³-hybridized carbons (Fsp3) is 0.392. The number of nitrogens with zero attached hydrogens (tertiary/aromatic N) is 3. The molecule has 424 valence electrons. The van der Waals surface area contributed by atoms with Crippen molar-refractivity contribution in [3.63, 3.8) is 0 Å². The molecule has 2 unspecified atom stereocenters. The van der Waals surface area contributed by atoms with Crippen molar-refractivity contribution >= 4 is 68.6 Å². The van der Waals surface area contributed by atoms with Gasteiger partial charge >= 0.3 is 0 Å². The molecule has 8 aromatic carbocycles. The standard InChI is InChI=1S/C79H90BN3/c1-49-41-52(72(2,3)4)29-34-64(49)81-67-46-56(83-66-36-31-54(74(8,9)10)43-61(66)78(18)38-37-51-27-23-24-28-58(51)79(78,83)19)32-33-62(67)80-63-47-59-60(77(16,17)40-39-76(59,14)15)48-68(63)82(70-45-55(75(11,12)13)44-69(81)71(70)80)65-35-30-53(73(5,6)7)42-57(65)50-25-21-20-22-26-50/h20-36,41-48H,37-40H2,1-19H3. The molecule has 13 rings (SSSR count). The topological polar surface area (TPSA) is 9.72 Å². The third-order valence-corrected chi connectivity index (χ3v) is 21.3. The summed E-state index contributed by atoms with van der Waals surface area (Å²) in [4.78, 5) is 8.24. The molecule has 5 aliphatic rings. The Morgan fingerprint density at radius 1 is 0.398 bits per heavy atom. The summed E-state index contributed by atoms with van der Waals surface area (Å²) < 4.78 is 0. The van der Waals surface area contributed by atoms with E-state index < -0.39 is 0 Å². The SMILES string of the molecule is Cc1cc(C(C)(C)C)ccc1N1c2cc(N3c4ccc(C(C)(C)C)cc4C4(C)CCc5ccccc5C34C)ccc2B2c3cc4c(cc3N(c3ccc(C(C)(C)C)cc3-c3ccccc3)c3cc(C(C)(C)C)cc1c32)C(C)(C)CCC4(C)C. The van der Waals surface area contributed by atoms with E-state index in [1.165, 1.54) is 129 Å². The third-order valence-electron chi connectivity index (χ3n) is 21.3. The monoisotopic (exact) mass is 1090 g/mol. The second-order valence-corrected chi connectivity index (χ2v) is 31.7. The van der Waals surface area contributed by atoms with Crippen molar-refractivity contribution in [3.05, 3.63) is 207 Å². The summed E-state index contributed by atoms with van der Waals surface area (Å²) in [6.07, 6.45) is 4.44. The summed E-state index contributed by atoms with van der Waals surface area (Å²) >= 11 is 0. The van der Waals surface area contributed by atoms with Gasteiger partial charge in [-0.3, -0.25) is 0 Å². The number of anilines is 8. The van der Waals surface area contributed by atoms with Crippen molar-refractivity contribution in [2.24, 2.45) is 0 Å². The van der Waals surface area contributed by atoms with Crippen LogP contribution in [-0.4, -0.2) is 6.71 Å². The van der Waals surface area contributed by atoms with E-state index in [4.69, 9.17) is 0 Å². The molecule has 3 aliphatic heterocycles. The van der Waals surface area contributed by atoms with Gasteiger partial charge in [0, 0.05) is 50.8 Å². The van der Waals surface area contributed by atoms with Crippen LogP contribution in [0.4, 0.5) is 45.5 Å².